The summed E-state index contributed by atoms with van der Waals surface area (Å²) in [5.41, 5.74) is 13.5. The van der Waals surface area contributed by atoms with Gasteiger partial charge in [0, 0.05) is 33.5 Å². The number of anilines is 3. The molecule has 0 saturated carbocycles. The van der Waals surface area contributed by atoms with E-state index in [-0.39, 0.29) is 0 Å². The van der Waals surface area contributed by atoms with Crippen molar-refractivity contribution in [3.05, 3.63) is 156 Å². The first-order chi connectivity index (χ1) is 20.1. The lowest BCUT2D eigenvalue weighted by Crippen LogP contribution is -2.11. The van der Waals surface area contributed by atoms with Crippen molar-refractivity contribution in [2.75, 3.05) is 4.90 Å². The highest BCUT2D eigenvalue weighted by atomic mass is 15.1. The van der Waals surface area contributed by atoms with E-state index >= 15 is 0 Å². The van der Waals surface area contributed by atoms with Crippen LogP contribution in [0, 0.1) is 20.8 Å². The van der Waals surface area contributed by atoms with Crippen LogP contribution >= 0.6 is 0 Å². The van der Waals surface area contributed by atoms with Crippen LogP contribution in [0.1, 0.15) is 16.7 Å². The first-order valence-corrected chi connectivity index (χ1v) is 14.2. The van der Waals surface area contributed by atoms with Gasteiger partial charge in [-0.2, -0.15) is 0 Å². The van der Waals surface area contributed by atoms with E-state index < -0.39 is 0 Å². The van der Waals surface area contributed by atoms with Crippen LogP contribution in [0.4, 0.5) is 17.1 Å². The van der Waals surface area contributed by atoms with Crippen LogP contribution in [-0.4, -0.2) is 4.57 Å². The first kappa shape index (κ1) is 24.9. The van der Waals surface area contributed by atoms with Gasteiger partial charge in [-0.3, -0.25) is 0 Å². The number of fused-ring (bicyclic) bond motifs is 3. The second-order valence-corrected chi connectivity index (χ2v) is 10.8. The Morgan fingerprint density at radius 2 is 1.00 bits per heavy atom. The van der Waals surface area contributed by atoms with E-state index in [0.29, 0.717) is 0 Å². The Kier molecular flexibility index (Phi) is 6.17. The molecule has 0 atom stereocenters. The van der Waals surface area contributed by atoms with Gasteiger partial charge >= 0.3 is 0 Å². The summed E-state index contributed by atoms with van der Waals surface area (Å²) < 4.78 is 2.39. The van der Waals surface area contributed by atoms with E-state index in [2.05, 4.69) is 170 Å². The van der Waals surface area contributed by atoms with Crippen molar-refractivity contribution in [3.8, 4) is 16.8 Å². The summed E-state index contributed by atoms with van der Waals surface area (Å²) in [4.78, 5) is 2.35. The van der Waals surface area contributed by atoms with Crippen molar-refractivity contribution < 1.29 is 0 Å². The molecule has 6 aromatic carbocycles. The van der Waals surface area contributed by atoms with E-state index in [9.17, 15) is 0 Å². The average molecular weight is 529 g/mol. The van der Waals surface area contributed by atoms with Crippen LogP contribution in [-0.2, 0) is 0 Å². The Hall–Kier alpha value is -5.08. The fourth-order valence-corrected chi connectivity index (χ4v) is 6.20. The topological polar surface area (TPSA) is 8.17 Å². The molecule has 1 heterocycles. The highest BCUT2D eigenvalue weighted by Crippen LogP contribution is 2.39. The van der Waals surface area contributed by atoms with Crippen LogP contribution < -0.4 is 4.90 Å². The molecule has 7 aromatic rings. The monoisotopic (exact) mass is 528 g/mol. The van der Waals surface area contributed by atoms with Crippen molar-refractivity contribution in [2.45, 2.75) is 20.8 Å². The van der Waals surface area contributed by atoms with Gasteiger partial charge in [0.15, 0.2) is 0 Å². The van der Waals surface area contributed by atoms with Gasteiger partial charge in [0.2, 0.25) is 0 Å². The molecule has 198 valence electrons. The molecule has 0 bridgehead atoms. The maximum atomic E-state index is 2.39. The Morgan fingerprint density at radius 1 is 0.439 bits per heavy atom. The van der Waals surface area contributed by atoms with Crippen molar-refractivity contribution >= 4 is 38.9 Å². The number of hydrogen-bond acceptors (Lipinski definition) is 1. The third kappa shape index (κ3) is 4.29. The van der Waals surface area contributed by atoms with E-state index in [4.69, 9.17) is 0 Å². The van der Waals surface area contributed by atoms with Crippen molar-refractivity contribution in [1.82, 2.24) is 4.57 Å². The second kappa shape index (κ2) is 10.1. The molecule has 0 aliphatic rings. The minimum Gasteiger partial charge on any atom is -0.310 e. The summed E-state index contributed by atoms with van der Waals surface area (Å²) in [6, 6.07) is 50.3. The summed E-state index contributed by atoms with van der Waals surface area (Å²) in [7, 11) is 0. The molecule has 0 aliphatic heterocycles. The molecule has 0 aliphatic carbocycles. The van der Waals surface area contributed by atoms with Gasteiger partial charge in [0.05, 0.1) is 11.0 Å². The molecule has 0 unspecified atom stereocenters. The maximum absolute atomic E-state index is 2.39. The Labute approximate surface area is 241 Å². The zero-order valence-electron chi connectivity index (χ0n) is 23.7. The Balaban J connectivity index is 1.31. The molecule has 0 radical (unpaired) electrons. The highest BCUT2D eigenvalue weighted by Gasteiger charge is 2.17. The minimum atomic E-state index is 1.15. The zero-order chi connectivity index (χ0) is 27.9. The lowest BCUT2D eigenvalue weighted by molar-refractivity contribution is 1.17. The first-order valence-electron chi connectivity index (χ1n) is 14.2. The van der Waals surface area contributed by atoms with Crippen molar-refractivity contribution in [2.24, 2.45) is 0 Å². The Morgan fingerprint density at radius 3 is 1.63 bits per heavy atom. The third-order valence-corrected chi connectivity index (χ3v) is 8.18. The predicted octanol–water partition coefficient (Wildman–Crippen LogP) is 10.8. The highest BCUT2D eigenvalue weighted by molar-refractivity contribution is 6.09. The predicted molar refractivity (Wildman–Crippen MR) is 175 cm³/mol. The number of hydrogen-bond donors (Lipinski definition) is 0. The van der Waals surface area contributed by atoms with Gasteiger partial charge in [0.1, 0.15) is 0 Å². The van der Waals surface area contributed by atoms with Crippen molar-refractivity contribution in [3.63, 3.8) is 0 Å². The van der Waals surface area contributed by atoms with Crippen LogP contribution in [0.15, 0.2) is 140 Å². The lowest BCUT2D eigenvalue weighted by Gasteiger charge is -2.27. The molecule has 1 aromatic heterocycles. The van der Waals surface area contributed by atoms with E-state index in [1.807, 2.05) is 0 Å². The smallest absolute Gasteiger partial charge is 0.0541 e. The molecular weight excluding hydrogens is 496 g/mol. The van der Waals surface area contributed by atoms with Crippen LogP contribution in [0.25, 0.3) is 38.6 Å². The zero-order valence-corrected chi connectivity index (χ0v) is 23.7. The summed E-state index contributed by atoms with van der Waals surface area (Å²) in [6.45, 7) is 6.62. The molecule has 41 heavy (non-hydrogen) atoms. The van der Waals surface area contributed by atoms with Crippen molar-refractivity contribution in [1.29, 1.82) is 0 Å². The van der Waals surface area contributed by atoms with Gasteiger partial charge in [-0.1, -0.05) is 84.9 Å². The summed E-state index contributed by atoms with van der Waals surface area (Å²) >= 11 is 0. The van der Waals surface area contributed by atoms with Gasteiger partial charge in [-0.05, 0) is 103 Å². The molecule has 0 amide bonds. The SMILES string of the molecule is Cc1cc(N(c2ccccc2)c2ccccc2C)ccc1-c1ccc(-n2c3ccccc3c3ccccc32)cc1C. The molecule has 0 saturated heterocycles. The van der Waals surface area contributed by atoms with Crippen LogP contribution in [0.3, 0.4) is 0 Å². The fraction of sp³-hybridized carbons (Fsp3) is 0.0769. The number of benzene rings is 6. The molecular formula is C39H32N2. The second-order valence-electron chi connectivity index (χ2n) is 10.8. The molecule has 0 fully saturated rings. The number of para-hydroxylation sites is 4. The number of aryl methyl sites for hydroxylation is 3. The number of aromatic nitrogens is 1. The quantitative estimate of drug-likeness (QED) is 0.216. The molecule has 2 heteroatoms. The standard InChI is InChI=1S/C39H32N2/c1-27-13-7-10-18-37(27)40(30-14-5-4-6-15-30)31-21-23-33(28(2)25-31)34-24-22-32(26-29(34)3)41-38-19-11-8-16-35(38)36-17-9-12-20-39(36)41/h4-26H,1-3H3. The van der Waals surface area contributed by atoms with Gasteiger partial charge in [-0.15, -0.1) is 0 Å². The maximum Gasteiger partial charge on any atom is 0.0541 e. The normalized spacial score (nSPS) is 11.3. The van der Waals surface area contributed by atoms with E-state index in [1.165, 1.54) is 61.0 Å². The summed E-state index contributed by atoms with van der Waals surface area (Å²) in [6.07, 6.45) is 0. The average Bonchev–Trinajstić information content (AvgIpc) is 3.34. The Bertz CT molecular complexity index is 1980. The number of rotatable bonds is 5. The summed E-state index contributed by atoms with van der Waals surface area (Å²) in [5, 5.41) is 2.57. The molecule has 2 nitrogen and oxygen atoms in total. The van der Waals surface area contributed by atoms with Gasteiger partial charge in [-0.25, -0.2) is 0 Å². The molecule has 0 spiro atoms. The fourth-order valence-electron chi connectivity index (χ4n) is 6.20. The van der Waals surface area contributed by atoms with E-state index in [0.717, 1.165) is 11.4 Å². The third-order valence-electron chi connectivity index (χ3n) is 8.18. The lowest BCUT2D eigenvalue weighted by atomic mass is 9.95. The molecule has 7 rings (SSSR count). The number of nitrogens with zero attached hydrogens (tertiary/aromatic N) is 2. The summed E-state index contributed by atoms with van der Waals surface area (Å²) in [5.74, 6) is 0. The van der Waals surface area contributed by atoms with Gasteiger partial charge in [0.25, 0.3) is 0 Å². The van der Waals surface area contributed by atoms with Crippen LogP contribution in [0.5, 0.6) is 0 Å². The van der Waals surface area contributed by atoms with Crippen LogP contribution in [0.2, 0.25) is 0 Å². The van der Waals surface area contributed by atoms with E-state index in [1.54, 1.807) is 0 Å². The molecule has 0 N–H and O–H groups in total. The minimum absolute atomic E-state index is 1.15. The van der Waals surface area contributed by atoms with Gasteiger partial charge < -0.3 is 9.47 Å². The largest absolute Gasteiger partial charge is 0.310 e.